The molecule has 1 heterocycles. The van der Waals surface area contributed by atoms with E-state index in [-0.39, 0.29) is 13.0 Å². The van der Waals surface area contributed by atoms with Gasteiger partial charge >= 0.3 is 6.09 Å². The molecule has 2 amide bonds. The summed E-state index contributed by atoms with van der Waals surface area (Å²) in [4.78, 5) is 27.0. The maximum absolute atomic E-state index is 14.0. The van der Waals surface area contributed by atoms with Crippen LogP contribution in [0.15, 0.2) is 24.3 Å². The largest absolute Gasteiger partial charge is 0.496 e. The predicted octanol–water partition coefficient (Wildman–Crippen LogP) is 2.74. The topological polar surface area (TPSA) is 126 Å². The Bertz CT molecular complexity index is 1060. The fraction of sp³-hybridized carbons (Fsp3) is 0.609. The highest BCUT2D eigenvalue weighted by Gasteiger charge is 2.50. The zero-order valence-corrected chi connectivity index (χ0v) is 21.1. The average molecular weight is 498 g/mol. The van der Waals surface area contributed by atoms with Gasteiger partial charge in [0.15, 0.2) is 9.84 Å². The van der Waals surface area contributed by atoms with E-state index in [1.54, 1.807) is 45.0 Å². The number of nitrogens with zero attached hydrogens (tertiary/aromatic N) is 2. The number of likely N-dealkylation sites (tertiary alicyclic amines) is 1. The summed E-state index contributed by atoms with van der Waals surface area (Å²) in [5.74, 6) is -0.989. The molecule has 34 heavy (non-hydrogen) atoms. The normalized spacial score (nSPS) is 19.8. The molecule has 1 N–H and O–H groups in total. The van der Waals surface area contributed by atoms with Gasteiger partial charge in [-0.15, -0.1) is 0 Å². The third-order valence-electron chi connectivity index (χ3n) is 5.62. The molecule has 188 valence electrons. The summed E-state index contributed by atoms with van der Waals surface area (Å²) in [6.07, 6.45) is -2.62. The number of alkyl halides is 1. The summed E-state index contributed by atoms with van der Waals surface area (Å²) in [6, 6.07) is 5.72. The van der Waals surface area contributed by atoms with Crippen molar-refractivity contribution in [2.24, 2.45) is 0 Å². The van der Waals surface area contributed by atoms with Crippen molar-refractivity contribution in [2.75, 3.05) is 13.7 Å². The Morgan fingerprint density at radius 1 is 1.26 bits per heavy atom. The lowest BCUT2D eigenvalue weighted by atomic mass is 10.0. The first-order valence-electron chi connectivity index (χ1n) is 10.8. The number of halogens is 1. The molecule has 1 aliphatic heterocycles. The zero-order valence-electron chi connectivity index (χ0n) is 20.3. The number of methoxy groups -OCH3 is 1. The molecule has 0 bridgehead atoms. The molecule has 3 atom stereocenters. The third-order valence-corrected chi connectivity index (χ3v) is 8.15. The van der Waals surface area contributed by atoms with Crippen molar-refractivity contribution in [3.63, 3.8) is 0 Å². The van der Waals surface area contributed by atoms with Crippen LogP contribution in [0.25, 0.3) is 0 Å². The van der Waals surface area contributed by atoms with Crippen molar-refractivity contribution in [1.29, 1.82) is 5.26 Å². The van der Waals surface area contributed by atoms with Gasteiger partial charge in [0.1, 0.15) is 29.6 Å². The van der Waals surface area contributed by atoms with Crippen molar-refractivity contribution in [1.82, 2.24) is 10.2 Å². The van der Waals surface area contributed by atoms with Gasteiger partial charge in [0.25, 0.3) is 0 Å². The zero-order chi connectivity index (χ0) is 25.9. The molecular formula is C23H32FN3O6S. The van der Waals surface area contributed by atoms with Gasteiger partial charge in [0.05, 0.1) is 30.2 Å². The van der Waals surface area contributed by atoms with Crippen LogP contribution < -0.4 is 10.1 Å². The smallest absolute Gasteiger partial charge is 0.408 e. The molecule has 0 aromatic heterocycles. The van der Waals surface area contributed by atoms with Gasteiger partial charge in [0, 0.05) is 12.0 Å². The Kier molecular flexibility index (Phi) is 8.19. The second-order valence-corrected chi connectivity index (χ2v) is 12.3. The SMILES string of the molecule is COc1ccccc1CS(=O)(=O)C(C)(C)[C@H](NC(=O)OC(C)(C)C)C(=O)N1C[C@@H](F)C[C@H]1C#N. The number of amides is 2. The molecule has 11 heteroatoms. The van der Waals surface area contributed by atoms with E-state index in [4.69, 9.17) is 9.47 Å². The van der Waals surface area contributed by atoms with Gasteiger partial charge in [-0.3, -0.25) is 4.79 Å². The molecule has 1 saturated heterocycles. The van der Waals surface area contributed by atoms with Crippen LogP contribution in [0.4, 0.5) is 9.18 Å². The van der Waals surface area contributed by atoms with Gasteiger partial charge < -0.3 is 19.7 Å². The quantitative estimate of drug-likeness (QED) is 0.614. The minimum Gasteiger partial charge on any atom is -0.496 e. The van der Waals surface area contributed by atoms with Crippen molar-refractivity contribution in [3.8, 4) is 11.8 Å². The molecule has 0 aliphatic carbocycles. The van der Waals surface area contributed by atoms with Crippen LogP contribution >= 0.6 is 0 Å². The fourth-order valence-corrected chi connectivity index (χ4v) is 5.21. The maximum atomic E-state index is 14.0. The highest BCUT2D eigenvalue weighted by molar-refractivity contribution is 7.92. The molecule has 1 aliphatic rings. The Hall–Kier alpha value is -2.87. The molecule has 9 nitrogen and oxygen atoms in total. The number of hydrogen-bond donors (Lipinski definition) is 1. The standard InChI is InChI=1S/C23H32FN3O6S/c1-22(2,3)33-21(29)26-19(20(28)27-13-16(24)11-17(27)12-25)23(4,5)34(30,31)14-15-9-7-8-10-18(15)32-6/h7-10,16-17,19H,11,13-14H2,1-6H3,(H,26,29)/t16-,17-,19+/m0/s1. The first kappa shape index (κ1) is 27.4. The van der Waals surface area contributed by atoms with Gasteiger partial charge in [-0.1, -0.05) is 18.2 Å². The maximum Gasteiger partial charge on any atom is 0.408 e. The number of rotatable bonds is 7. The van der Waals surface area contributed by atoms with E-state index in [1.807, 2.05) is 6.07 Å². The Morgan fingerprint density at radius 2 is 1.88 bits per heavy atom. The predicted molar refractivity (Wildman–Crippen MR) is 123 cm³/mol. The van der Waals surface area contributed by atoms with Crippen LogP contribution in [0.5, 0.6) is 5.75 Å². The van der Waals surface area contributed by atoms with Crippen molar-refractivity contribution in [2.45, 2.75) is 75.4 Å². The van der Waals surface area contributed by atoms with Gasteiger partial charge in [0.2, 0.25) is 5.91 Å². The Morgan fingerprint density at radius 3 is 2.44 bits per heavy atom. The first-order valence-corrected chi connectivity index (χ1v) is 12.5. The molecule has 1 aromatic rings. The second kappa shape index (κ2) is 10.2. The number of ether oxygens (including phenoxy) is 2. The number of carbonyl (C=O) groups excluding carboxylic acids is 2. The Labute approximate surface area is 200 Å². The number of para-hydroxylation sites is 1. The highest BCUT2D eigenvalue weighted by atomic mass is 32.2. The summed E-state index contributed by atoms with van der Waals surface area (Å²) in [7, 11) is -2.71. The van der Waals surface area contributed by atoms with Crippen molar-refractivity contribution >= 4 is 21.8 Å². The number of nitriles is 1. The molecule has 2 rings (SSSR count). The lowest BCUT2D eigenvalue weighted by Crippen LogP contribution is -2.62. The summed E-state index contributed by atoms with van der Waals surface area (Å²) in [6.45, 7) is 7.10. The Balaban J connectivity index is 2.47. The average Bonchev–Trinajstić information content (AvgIpc) is 3.11. The van der Waals surface area contributed by atoms with E-state index in [1.165, 1.54) is 21.0 Å². The summed E-state index contributed by atoms with van der Waals surface area (Å²) >= 11 is 0. The van der Waals surface area contributed by atoms with E-state index in [0.717, 1.165) is 4.90 Å². The van der Waals surface area contributed by atoms with Gasteiger partial charge in [-0.05, 0) is 40.7 Å². The molecule has 0 radical (unpaired) electrons. The first-order chi connectivity index (χ1) is 15.6. The number of nitrogens with one attached hydrogen (secondary N) is 1. The molecule has 1 aromatic carbocycles. The molecule has 0 unspecified atom stereocenters. The summed E-state index contributed by atoms with van der Waals surface area (Å²) in [5, 5.41) is 11.8. The molecular weight excluding hydrogens is 465 g/mol. The van der Waals surface area contributed by atoms with Crippen LogP contribution in [-0.2, 0) is 25.1 Å². The van der Waals surface area contributed by atoms with E-state index in [0.29, 0.717) is 11.3 Å². The highest BCUT2D eigenvalue weighted by Crippen LogP contribution is 2.31. The lowest BCUT2D eigenvalue weighted by molar-refractivity contribution is -0.134. The number of benzene rings is 1. The minimum atomic E-state index is -4.12. The molecule has 0 saturated carbocycles. The second-order valence-electron chi connectivity index (χ2n) is 9.72. The number of sulfone groups is 1. The van der Waals surface area contributed by atoms with Gasteiger partial charge in [-0.25, -0.2) is 17.6 Å². The van der Waals surface area contributed by atoms with E-state index in [9.17, 15) is 27.7 Å². The monoisotopic (exact) mass is 497 g/mol. The third kappa shape index (κ3) is 6.17. The molecule has 1 fully saturated rings. The van der Waals surface area contributed by atoms with Gasteiger partial charge in [-0.2, -0.15) is 5.26 Å². The summed E-state index contributed by atoms with van der Waals surface area (Å²) < 4.78 is 49.8. The van der Waals surface area contributed by atoms with Crippen LogP contribution in [0.1, 0.15) is 46.6 Å². The summed E-state index contributed by atoms with van der Waals surface area (Å²) in [5.41, 5.74) is -0.535. The number of hydrogen-bond acceptors (Lipinski definition) is 7. The van der Waals surface area contributed by atoms with E-state index in [2.05, 4.69) is 5.32 Å². The van der Waals surface area contributed by atoms with E-state index >= 15 is 0 Å². The van der Waals surface area contributed by atoms with Crippen LogP contribution in [-0.4, -0.2) is 67.6 Å². The van der Waals surface area contributed by atoms with Crippen molar-refractivity contribution < 1.29 is 31.9 Å². The number of carbonyl (C=O) groups is 2. The van der Waals surface area contributed by atoms with Crippen LogP contribution in [0.3, 0.4) is 0 Å². The fourth-order valence-electron chi connectivity index (χ4n) is 3.67. The van der Waals surface area contributed by atoms with Crippen LogP contribution in [0.2, 0.25) is 0 Å². The van der Waals surface area contributed by atoms with Crippen molar-refractivity contribution in [3.05, 3.63) is 29.8 Å². The number of alkyl carbamates (subject to hydrolysis) is 1. The van der Waals surface area contributed by atoms with Crippen LogP contribution in [0, 0.1) is 11.3 Å². The lowest BCUT2D eigenvalue weighted by Gasteiger charge is -2.36. The molecule has 0 spiro atoms. The van der Waals surface area contributed by atoms with E-state index < -0.39 is 56.2 Å². The minimum absolute atomic E-state index is 0.185.